The second-order valence-corrected chi connectivity index (χ2v) is 6.10. The SMILES string of the molecule is CCOC(=O)/C(C=Nc1ccc2c(c1)ncn2-c1ccc(C)cc1)=C(\C)O. The molecule has 1 heterocycles. The number of aliphatic hydroxyl groups is 1. The largest absolute Gasteiger partial charge is 0.512 e. The highest BCUT2D eigenvalue weighted by Crippen LogP contribution is 2.23. The van der Waals surface area contributed by atoms with E-state index in [0.29, 0.717) is 5.69 Å². The van der Waals surface area contributed by atoms with E-state index in [1.807, 2.05) is 41.8 Å². The topological polar surface area (TPSA) is 76.7 Å². The van der Waals surface area contributed by atoms with E-state index in [9.17, 15) is 9.90 Å². The van der Waals surface area contributed by atoms with Crippen LogP contribution < -0.4 is 0 Å². The summed E-state index contributed by atoms with van der Waals surface area (Å²) in [6.45, 7) is 5.40. The zero-order chi connectivity index (χ0) is 19.4. The fraction of sp³-hybridized carbons (Fsp3) is 0.190. The van der Waals surface area contributed by atoms with Gasteiger partial charge in [0.15, 0.2) is 0 Å². The van der Waals surface area contributed by atoms with Crippen molar-refractivity contribution >= 4 is 28.9 Å². The van der Waals surface area contributed by atoms with Crippen molar-refractivity contribution < 1.29 is 14.6 Å². The van der Waals surface area contributed by atoms with Crippen LogP contribution in [0.4, 0.5) is 5.69 Å². The summed E-state index contributed by atoms with van der Waals surface area (Å²) in [6, 6.07) is 13.8. The smallest absolute Gasteiger partial charge is 0.343 e. The van der Waals surface area contributed by atoms with Gasteiger partial charge in [0.05, 0.1) is 23.3 Å². The number of aliphatic hydroxyl groups excluding tert-OH is 1. The van der Waals surface area contributed by atoms with Crippen LogP contribution >= 0.6 is 0 Å². The molecule has 0 spiro atoms. The first-order valence-corrected chi connectivity index (χ1v) is 8.64. The molecule has 6 nitrogen and oxygen atoms in total. The monoisotopic (exact) mass is 363 g/mol. The predicted molar refractivity (Wildman–Crippen MR) is 106 cm³/mol. The highest BCUT2D eigenvalue weighted by atomic mass is 16.5. The van der Waals surface area contributed by atoms with Crippen LogP contribution in [0.5, 0.6) is 0 Å². The van der Waals surface area contributed by atoms with Crippen LogP contribution in [-0.4, -0.2) is 33.4 Å². The molecule has 0 aliphatic carbocycles. The molecule has 3 rings (SSSR count). The van der Waals surface area contributed by atoms with Crippen molar-refractivity contribution in [2.75, 3.05) is 6.61 Å². The maximum absolute atomic E-state index is 11.9. The summed E-state index contributed by atoms with van der Waals surface area (Å²) in [5, 5.41) is 9.68. The molecule has 1 aromatic heterocycles. The lowest BCUT2D eigenvalue weighted by molar-refractivity contribution is -0.138. The average molecular weight is 363 g/mol. The summed E-state index contributed by atoms with van der Waals surface area (Å²) in [7, 11) is 0. The first-order valence-electron chi connectivity index (χ1n) is 8.64. The fourth-order valence-corrected chi connectivity index (χ4v) is 2.63. The number of carbonyl (C=O) groups is 1. The molecule has 0 radical (unpaired) electrons. The molecule has 0 aliphatic rings. The Labute approximate surface area is 157 Å². The molecule has 6 heteroatoms. The Morgan fingerprint density at radius 2 is 2.00 bits per heavy atom. The number of imidazole rings is 1. The third-order valence-electron chi connectivity index (χ3n) is 4.07. The molecule has 0 fully saturated rings. The van der Waals surface area contributed by atoms with Crippen molar-refractivity contribution in [2.24, 2.45) is 4.99 Å². The third kappa shape index (κ3) is 4.06. The number of esters is 1. The number of nitrogens with zero attached hydrogens (tertiary/aromatic N) is 3. The summed E-state index contributed by atoms with van der Waals surface area (Å²) < 4.78 is 6.92. The number of ether oxygens (including phenoxy) is 1. The van der Waals surface area contributed by atoms with E-state index < -0.39 is 5.97 Å². The molecule has 3 aromatic rings. The zero-order valence-corrected chi connectivity index (χ0v) is 15.5. The summed E-state index contributed by atoms with van der Waals surface area (Å²) in [5.74, 6) is -0.743. The number of rotatable bonds is 5. The second kappa shape index (κ2) is 7.86. The molecule has 0 amide bonds. The van der Waals surface area contributed by atoms with Gasteiger partial charge >= 0.3 is 5.97 Å². The van der Waals surface area contributed by atoms with Gasteiger partial charge in [0.2, 0.25) is 0 Å². The summed E-state index contributed by atoms with van der Waals surface area (Å²) in [4.78, 5) is 20.6. The minimum Gasteiger partial charge on any atom is -0.512 e. The van der Waals surface area contributed by atoms with E-state index >= 15 is 0 Å². The van der Waals surface area contributed by atoms with Crippen LogP contribution in [0.15, 0.2) is 65.1 Å². The Morgan fingerprint density at radius 1 is 1.26 bits per heavy atom. The number of aliphatic imine (C=N–C) groups is 1. The number of carbonyl (C=O) groups excluding carboxylic acids is 1. The van der Waals surface area contributed by atoms with Crippen molar-refractivity contribution in [3.63, 3.8) is 0 Å². The lowest BCUT2D eigenvalue weighted by Gasteiger charge is -2.05. The van der Waals surface area contributed by atoms with Gasteiger partial charge < -0.3 is 9.84 Å². The highest BCUT2D eigenvalue weighted by molar-refractivity contribution is 6.10. The number of allylic oxidation sites excluding steroid dienone is 1. The highest BCUT2D eigenvalue weighted by Gasteiger charge is 2.12. The minimum atomic E-state index is -0.606. The number of hydrogen-bond donors (Lipinski definition) is 1. The number of benzene rings is 2. The van der Waals surface area contributed by atoms with Gasteiger partial charge in [-0.2, -0.15) is 0 Å². The lowest BCUT2D eigenvalue weighted by Crippen LogP contribution is -2.10. The van der Waals surface area contributed by atoms with Crippen molar-refractivity contribution in [3.8, 4) is 5.69 Å². The van der Waals surface area contributed by atoms with Crippen LogP contribution in [0.1, 0.15) is 19.4 Å². The van der Waals surface area contributed by atoms with Gasteiger partial charge in [0, 0.05) is 11.9 Å². The Hall–Kier alpha value is -3.41. The molecule has 2 aromatic carbocycles. The van der Waals surface area contributed by atoms with Crippen LogP contribution in [0, 0.1) is 6.92 Å². The first-order chi connectivity index (χ1) is 13.0. The summed E-state index contributed by atoms with van der Waals surface area (Å²) >= 11 is 0. The third-order valence-corrected chi connectivity index (χ3v) is 4.07. The van der Waals surface area contributed by atoms with Gasteiger partial charge in [-0.15, -0.1) is 0 Å². The minimum absolute atomic E-state index is 0.0298. The fourth-order valence-electron chi connectivity index (χ4n) is 2.63. The number of aromatic nitrogens is 2. The van der Waals surface area contributed by atoms with Crippen molar-refractivity contribution in [3.05, 3.63) is 65.7 Å². The van der Waals surface area contributed by atoms with Gasteiger partial charge in [-0.3, -0.25) is 9.56 Å². The van der Waals surface area contributed by atoms with Crippen LogP contribution in [0.2, 0.25) is 0 Å². The standard InChI is InChI=1S/C21H21N3O3/c1-4-27-21(26)18(15(3)25)12-22-16-7-10-20-19(11-16)23-13-24(20)17-8-5-14(2)6-9-17/h5-13,25H,4H2,1-3H3/b18-15+,22-12?. The van der Waals surface area contributed by atoms with E-state index in [2.05, 4.69) is 22.1 Å². The van der Waals surface area contributed by atoms with Crippen molar-refractivity contribution in [1.82, 2.24) is 9.55 Å². The average Bonchev–Trinajstić information content (AvgIpc) is 3.06. The Kier molecular flexibility index (Phi) is 5.35. The summed E-state index contributed by atoms with van der Waals surface area (Å²) in [5.41, 5.74) is 4.62. The molecule has 0 saturated carbocycles. The number of fused-ring (bicyclic) bond motifs is 1. The van der Waals surface area contributed by atoms with Gasteiger partial charge in [-0.25, -0.2) is 9.78 Å². The molecule has 0 atom stereocenters. The van der Waals surface area contributed by atoms with Gasteiger partial charge in [-0.1, -0.05) is 17.7 Å². The molecule has 0 saturated heterocycles. The summed E-state index contributed by atoms with van der Waals surface area (Å²) in [6.07, 6.45) is 3.08. The maximum atomic E-state index is 11.9. The van der Waals surface area contributed by atoms with E-state index in [4.69, 9.17) is 4.74 Å². The normalized spacial score (nSPS) is 12.4. The number of hydrogen-bond acceptors (Lipinski definition) is 5. The molecular weight excluding hydrogens is 342 g/mol. The van der Waals surface area contributed by atoms with E-state index in [0.717, 1.165) is 16.7 Å². The van der Waals surface area contributed by atoms with E-state index in [1.165, 1.54) is 18.7 Å². The molecule has 0 unspecified atom stereocenters. The molecule has 0 aliphatic heterocycles. The van der Waals surface area contributed by atoms with Crippen molar-refractivity contribution in [1.29, 1.82) is 0 Å². The van der Waals surface area contributed by atoms with Crippen LogP contribution in [0.25, 0.3) is 16.7 Å². The molecule has 27 heavy (non-hydrogen) atoms. The predicted octanol–water partition coefficient (Wildman–Crippen LogP) is 4.43. The molecular formula is C21H21N3O3. The Bertz CT molecular complexity index is 1030. The maximum Gasteiger partial charge on any atom is 0.343 e. The molecule has 138 valence electrons. The van der Waals surface area contributed by atoms with E-state index in [-0.39, 0.29) is 17.9 Å². The van der Waals surface area contributed by atoms with Gasteiger partial charge in [-0.05, 0) is 51.1 Å². The first kappa shape index (κ1) is 18.4. The Balaban J connectivity index is 1.90. The molecule has 0 bridgehead atoms. The number of aryl methyl sites for hydroxylation is 1. The van der Waals surface area contributed by atoms with Crippen LogP contribution in [0.3, 0.4) is 0 Å². The zero-order valence-electron chi connectivity index (χ0n) is 15.5. The van der Waals surface area contributed by atoms with Crippen LogP contribution in [-0.2, 0) is 9.53 Å². The second-order valence-electron chi connectivity index (χ2n) is 6.10. The molecule has 1 N–H and O–H groups in total. The lowest BCUT2D eigenvalue weighted by atomic mass is 10.2. The van der Waals surface area contributed by atoms with Gasteiger partial charge in [0.25, 0.3) is 0 Å². The van der Waals surface area contributed by atoms with Crippen molar-refractivity contribution in [2.45, 2.75) is 20.8 Å². The quantitative estimate of drug-likeness (QED) is 0.315. The van der Waals surface area contributed by atoms with E-state index in [1.54, 1.807) is 13.3 Å². The van der Waals surface area contributed by atoms with Gasteiger partial charge in [0.1, 0.15) is 17.7 Å². The Morgan fingerprint density at radius 3 is 2.67 bits per heavy atom.